The van der Waals surface area contributed by atoms with Crippen molar-refractivity contribution < 1.29 is 37.3 Å². The fourth-order valence-corrected chi connectivity index (χ4v) is 5.59. The number of hydrogen-bond donors (Lipinski definition) is 6. The molecule has 0 unspecified atom stereocenters. The highest BCUT2D eigenvalue weighted by Gasteiger charge is 2.56. The number of carboxylic acid groups (broad SMARTS) is 1. The van der Waals surface area contributed by atoms with Gasteiger partial charge < -0.3 is 31.6 Å². The van der Waals surface area contributed by atoms with Gasteiger partial charge in [-0.1, -0.05) is 5.16 Å². The Bertz CT molecular complexity index is 1530. The molecular weight excluding hydrogens is 610 g/mol. The molecule has 2 aromatic heterocycles. The van der Waals surface area contributed by atoms with Crippen LogP contribution in [0.15, 0.2) is 16.7 Å². The quantitative estimate of drug-likeness (QED) is 0.0319. The Hall–Kier alpha value is -4.21. The fourth-order valence-electron chi connectivity index (χ4n) is 4.17. The van der Waals surface area contributed by atoms with Crippen LogP contribution in [0.5, 0.6) is 0 Å². The van der Waals surface area contributed by atoms with Crippen LogP contribution in [0.25, 0.3) is 0 Å². The van der Waals surface area contributed by atoms with E-state index < -0.39 is 51.5 Å². The smallest absolute Gasteiger partial charge is 0.362 e. The van der Waals surface area contributed by atoms with Crippen LogP contribution in [0.2, 0.25) is 0 Å². The molecule has 21 heteroatoms. The van der Waals surface area contributed by atoms with Gasteiger partial charge in [0.1, 0.15) is 23.5 Å². The number of oxime groups is 1. The number of aromatic nitrogens is 4. The molecule has 234 valence electrons. The van der Waals surface area contributed by atoms with Crippen LogP contribution < -0.4 is 16.8 Å². The molecule has 0 spiro atoms. The van der Waals surface area contributed by atoms with E-state index in [4.69, 9.17) is 21.7 Å². The van der Waals surface area contributed by atoms with Gasteiger partial charge in [0.2, 0.25) is 5.60 Å². The second-order valence-corrected chi connectivity index (χ2v) is 12.2. The van der Waals surface area contributed by atoms with Gasteiger partial charge in [-0.3, -0.25) is 19.6 Å². The zero-order valence-corrected chi connectivity index (χ0v) is 24.5. The summed E-state index contributed by atoms with van der Waals surface area (Å²) in [6, 6.07) is -2.81. The summed E-state index contributed by atoms with van der Waals surface area (Å²) in [6.07, 6.45) is 3.80. The summed E-state index contributed by atoms with van der Waals surface area (Å²) in [5.41, 5.74) is 9.45. The van der Waals surface area contributed by atoms with Crippen molar-refractivity contribution >= 4 is 56.1 Å². The summed E-state index contributed by atoms with van der Waals surface area (Å²) >= 11 is 0.968. The average molecular weight is 642 g/mol. The predicted molar refractivity (Wildman–Crippen MR) is 150 cm³/mol. The molecule has 0 bridgehead atoms. The molecule has 3 heterocycles. The van der Waals surface area contributed by atoms with Gasteiger partial charge in [0.05, 0.1) is 25.1 Å². The molecule has 8 N–H and O–H groups in total. The van der Waals surface area contributed by atoms with Crippen molar-refractivity contribution in [3.05, 3.63) is 23.0 Å². The van der Waals surface area contributed by atoms with Gasteiger partial charge in [-0.25, -0.2) is 14.1 Å². The molecule has 2 amide bonds. The molecule has 1 saturated carbocycles. The standard InChI is InChI=1S/C22H31N11O8S2/c1-31(15(24)4-2-3-7-23)9-12-8-26-32(29-12)10-14-17(19(35)33(14)43(38,39)40)28-18(34)16(13-11-42-21(25)27-13)30-41-22(5-6-22)20(36)37/h8,11,14,17,24H,2-7,9-10,23H2,1H3,(H2,25,27)(H,28,34)(H,36,37)(H,38,39,40)/b24-15?,30-16-/t14-,17+/m1/s1. The Balaban J connectivity index is 1.49. The van der Waals surface area contributed by atoms with Crippen LogP contribution in [0.1, 0.15) is 43.5 Å². The van der Waals surface area contributed by atoms with E-state index in [9.17, 15) is 32.5 Å². The first-order valence-corrected chi connectivity index (χ1v) is 15.2. The van der Waals surface area contributed by atoms with E-state index in [1.165, 1.54) is 11.6 Å². The lowest BCUT2D eigenvalue weighted by Gasteiger charge is -2.43. The minimum atomic E-state index is -5.02. The number of carboxylic acids is 1. The Morgan fingerprint density at radius 3 is 2.67 bits per heavy atom. The van der Waals surface area contributed by atoms with E-state index in [1.807, 2.05) is 0 Å². The van der Waals surface area contributed by atoms with Gasteiger partial charge in [-0.05, 0) is 19.4 Å². The van der Waals surface area contributed by atoms with Gasteiger partial charge in [-0.15, -0.1) is 11.3 Å². The molecule has 2 aromatic rings. The summed E-state index contributed by atoms with van der Waals surface area (Å²) in [4.78, 5) is 49.4. The van der Waals surface area contributed by atoms with Crippen molar-refractivity contribution in [3.63, 3.8) is 0 Å². The zero-order chi connectivity index (χ0) is 31.5. The number of carbonyl (C=O) groups excluding carboxylic acids is 2. The second kappa shape index (κ2) is 12.6. The van der Waals surface area contributed by atoms with Crippen LogP contribution in [-0.2, 0) is 42.6 Å². The Morgan fingerprint density at radius 2 is 2.09 bits per heavy atom. The number of amidine groups is 1. The van der Waals surface area contributed by atoms with E-state index in [0.717, 1.165) is 29.0 Å². The number of amides is 2. The molecule has 0 aromatic carbocycles. The summed E-state index contributed by atoms with van der Waals surface area (Å²) in [6.45, 7) is 0.411. The van der Waals surface area contributed by atoms with Crippen LogP contribution in [-0.4, -0.2) is 108 Å². The number of β-lactam (4-membered cyclic amide) rings is 1. The van der Waals surface area contributed by atoms with Crippen molar-refractivity contribution in [1.82, 2.24) is 34.5 Å². The normalized spacial score (nSPS) is 19.5. The third-order valence-electron chi connectivity index (χ3n) is 6.75. The summed E-state index contributed by atoms with van der Waals surface area (Å²) in [5.74, 6) is -3.07. The molecule has 2 aliphatic rings. The Labute approximate surface area is 249 Å². The minimum Gasteiger partial charge on any atom is -0.478 e. The number of anilines is 1. The van der Waals surface area contributed by atoms with Crippen molar-refractivity contribution in [1.29, 1.82) is 5.41 Å². The van der Waals surface area contributed by atoms with E-state index in [2.05, 4.69) is 25.7 Å². The monoisotopic (exact) mass is 641 g/mol. The fraction of sp³-hybridized carbons (Fsp3) is 0.545. The number of nitrogens with zero attached hydrogens (tertiary/aromatic N) is 7. The van der Waals surface area contributed by atoms with Crippen molar-refractivity contribution in [3.8, 4) is 0 Å². The van der Waals surface area contributed by atoms with Crippen LogP contribution in [0, 0.1) is 5.41 Å². The topological polar surface area (TPSA) is 285 Å². The first kappa shape index (κ1) is 31.7. The highest BCUT2D eigenvalue weighted by atomic mass is 32.2. The number of nitrogen functional groups attached to an aromatic ring is 1. The molecule has 1 aliphatic heterocycles. The number of nitrogens with two attached hydrogens (primary N) is 2. The van der Waals surface area contributed by atoms with Crippen LogP contribution in [0.3, 0.4) is 0 Å². The van der Waals surface area contributed by atoms with Crippen LogP contribution >= 0.6 is 11.3 Å². The molecular formula is C22H31N11O8S2. The molecule has 4 rings (SSSR count). The van der Waals surface area contributed by atoms with Gasteiger partial charge in [0.25, 0.3) is 11.8 Å². The zero-order valence-electron chi connectivity index (χ0n) is 22.9. The third-order valence-corrected chi connectivity index (χ3v) is 8.37. The molecule has 0 radical (unpaired) electrons. The number of carbonyl (C=O) groups is 3. The summed E-state index contributed by atoms with van der Waals surface area (Å²) in [5, 5.41) is 33.4. The lowest BCUT2D eigenvalue weighted by molar-refractivity contribution is -0.153. The number of aliphatic carboxylic acids is 1. The molecule has 1 saturated heterocycles. The molecule has 43 heavy (non-hydrogen) atoms. The second-order valence-electron chi connectivity index (χ2n) is 9.97. The third kappa shape index (κ3) is 7.24. The number of unbranched alkanes of at least 4 members (excludes halogenated alkanes) is 1. The van der Waals surface area contributed by atoms with Crippen LogP contribution in [0.4, 0.5) is 5.13 Å². The number of hydrogen-bond acceptors (Lipinski definition) is 14. The van der Waals surface area contributed by atoms with Crippen molar-refractivity contribution in [2.24, 2.45) is 10.9 Å². The lowest BCUT2D eigenvalue weighted by atomic mass is 9.98. The van der Waals surface area contributed by atoms with Gasteiger partial charge in [0, 0.05) is 31.7 Å². The predicted octanol–water partition coefficient (Wildman–Crippen LogP) is -1.61. The highest BCUT2D eigenvalue weighted by molar-refractivity contribution is 7.84. The number of rotatable bonds is 15. The highest BCUT2D eigenvalue weighted by Crippen LogP contribution is 2.40. The van der Waals surface area contributed by atoms with Crippen molar-refractivity contribution in [2.45, 2.75) is 62.9 Å². The lowest BCUT2D eigenvalue weighted by Crippen LogP contribution is -2.73. The molecule has 1 aliphatic carbocycles. The van der Waals surface area contributed by atoms with E-state index in [1.54, 1.807) is 11.9 Å². The summed E-state index contributed by atoms with van der Waals surface area (Å²) in [7, 11) is -3.31. The average Bonchev–Trinajstić information content (AvgIpc) is 3.41. The minimum absolute atomic E-state index is 0.0627. The van der Waals surface area contributed by atoms with Crippen molar-refractivity contribution in [2.75, 3.05) is 19.3 Å². The molecule has 19 nitrogen and oxygen atoms in total. The first-order chi connectivity index (χ1) is 20.3. The molecule has 2 atom stereocenters. The van der Waals surface area contributed by atoms with E-state index in [0.29, 0.717) is 24.5 Å². The largest absolute Gasteiger partial charge is 0.478 e. The SMILES string of the molecule is CN(Cc1cnn(C[C@@H]2[C@H](NC(=O)/C(=N\OC3(C(=O)O)CC3)c3csc(N)n3)C(=O)N2S(=O)(=O)O)n1)C(=N)CCCCN. The number of thiazole rings is 1. The van der Waals surface area contributed by atoms with E-state index in [-0.39, 0.29) is 41.1 Å². The maximum atomic E-state index is 13.2. The Kier molecular flexibility index (Phi) is 9.27. The van der Waals surface area contributed by atoms with E-state index >= 15 is 0 Å². The van der Waals surface area contributed by atoms with Gasteiger partial charge in [-0.2, -0.15) is 23.4 Å². The van der Waals surface area contributed by atoms with Gasteiger partial charge >= 0.3 is 16.3 Å². The maximum absolute atomic E-state index is 13.2. The van der Waals surface area contributed by atoms with Gasteiger partial charge in [0.15, 0.2) is 10.8 Å². The molecule has 2 fully saturated rings. The summed E-state index contributed by atoms with van der Waals surface area (Å²) < 4.78 is 33.8. The first-order valence-electron chi connectivity index (χ1n) is 13.0. The maximum Gasteiger partial charge on any atom is 0.362 e. The number of nitrogens with one attached hydrogen (secondary N) is 2. The Morgan fingerprint density at radius 1 is 1.37 bits per heavy atom.